The van der Waals surface area contributed by atoms with E-state index >= 15 is 0 Å². The Kier molecular flexibility index (Phi) is 7.00. The number of imide groups is 1. The fourth-order valence-electron chi connectivity index (χ4n) is 1.72. The minimum Gasteiger partial charge on any atom is -0.451 e. The van der Waals surface area contributed by atoms with Gasteiger partial charge in [0.25, 0.3) is 5.91 Å². The number of nitrogens with two attached hydrogens (primary N) is 1. The number of amides is 3. The van der Waals surface area contributed by atoms with Gasteiger partial charge in [-0.25, -0.2) is 17.6 Å². The number of nitrogens with one attached hydrogen (secondary N) is 2. The number of primary amides is 1. The molecule has 0 aliphatic rings. The first-order valence-corrected chi connectivity index (χ1v) is 8.56. The SMILES string of the molecule is CC(C)[C@@H](OC(=O)CNS(=O)(=O)c1ccc(F)cc1)C(=O)NC(N)=O. The third-order valence-corrected chi connectivity index (χ3v) is 4.32. The Balaban J connectivity index is 2.69. The Bertz CT molecular complexity index is 748. The van der Waals surface area contributed by atoms with E-state index in [0.29, 0.717) is 0 Å². The molecule has 0 saturated heterocycles. The molecule has 0 aliphatic heterocycles. The van der Waals surface area contributed by atoms with Gasteiger partial charge >= 0.3 is 12.0 Å². The first-order valence-electron chi connectivity index (χ1n) is 7.08. The number of rotatable bonds is 7. The molecule has 0 radical (unpaired) electrons. The molecule has 1 rings (SSSR count). The summed E-state index contributed by atoms with van der Waals surface area (Å²) in [7, 11) is -4.06. The number of esters is 1. The van der Waals surface area contributed by atoms with E-state index in [2.05, 4.69) is 0 Å². The lowest BCUT2D eigenvalue weighted by Gasteiger charge is -2.19. The normalized spacial score (nSPS) is 12.5. The van der Waals surface area contributed by atoms with Crippen molar-refractivity contribution < 1.29 is 31.9 Å². The Morgan fingerprint density at radius 1 is 1.20 bits per heavy atom. The largest absolute Gasteiger partial charge is 0.451 e. The van der Waals surface area contributed by atoms with Gasteiger partial charge in [0, 0.05) is 0 Å². The lowest BCUT2D eigenvalue weighted by Crippen LogP contribution is -2.46. The molecule has 1 aromatic carbocycles. The van der Waals surface area contributed by atoms with E-state index < -0.39 is 52.3 Å². The van der Waals surface area contributed by atoms with Crippen molar-refractivity contribution >= 4 is 27.9 Å². The number of halogens is 1. The number of benzene rings is 1. The van der Waals surface area contributed by atoms with Gasteiger partial charge < -0.3 is 10.5 Å². The summed E-state index contributed by atoms with van der Waals surface area (Å²) in [5.74, 6) is -3.06. The van der Waals surface area contributed by atoms with Crippen LogP contribution in [0.2, 0.25) is 0 Å². The van der Waals surface area contributed by atoms with Crippen LogP contribution in [0.1, 0.15) is 13.8 Å². The third-order valence-electron chi connectivity index (χ3n) is 2.90. The summed E-state index contributed by atoms with van der Waals surface area (Å²) < 4.78 is 43.6. The highest BCUT2D eigenvalue weighted by atomic mass is 32.2. The van der Waals surface area contributed by atoms with Crippen LogP contribution in [0, 0.1) is 11.7 Å². The number of ether oxygens (including phenoxy) is 1. The molecule has 25 heavy (non-hydrogen) atoms. The van der Waals surface area contributed by atoms with Crippen LogP contribution in [-0.2, 0) is 24.3 Å². The second kappa shape index (κ2) is 8.53. The van der Waals surface area contributed by atoms with Crippen molar-refractivity contribution in [2.45, 2.75) is 24.8 Å². The van der Waals surface area contributed by atoms with Gasteiger partial charge in [0.1, 0.15) is 12.4 Å². The summed E-state index contributed by atoms with van der Waals surface area (Å²) in [6, 6.07) is 2.86. The zero-order valence-corrected chi connectivity index (χ0v) is 14.3. The number of sulfonamides is 1. The molecule has 1 aromatic rings. The number of carbonyl (C=O) groups is 3. The Hall–Kier alpha value is -2.53. The lowest BCUT2D eigenvalue weighted by atomic mass is 10.1. The van der Waals surface area contributed by atoms with E-state index in [0.717, 1.165) is 24.3 Å². The van der Waals surface area contributed by atoms with Crippen LogP contribution >= 0.6 is 0 Å². The van der Waals surface area contributed by atoms with E-state index in [1.54, 1.807) is 19.2 Å². The average Bonchev–Trinajstić information content (AvgIpc) is 2.50. The summed E-state index contributed by atoms with van der Waals surface area (Å²) >= 11 is 0. The minimum absolute atomic E-state index is 0.242. The van der Waals surface area contributed by atoms with Crippen molar-refractivity contribution in [3.63, 3.8) is 0 Å². The first-order chi connectivity index (χ1) is 11.5. The minimum atomic E-state index is -4.06. The molecule has 0 unspecified atom stereocenters. The second-order valence-corrected chi connectivity index (χ2v) is 7.05. The second-order valence-electron chi connectivity index (χ2n) is 5.29. The topological polar surface area (TPSA) is 145 Å². The summed E-state index contributed by atoms with van der Waals surface area (Å²) in [5, 5.41) is 1.78. The molecular weight excluding hydrogens is 357 g/mol. The molecule has 9 nitrogen and oxygen atoms in total. The molecule has 0 spiro atoms. The van der Waals surface area contributed by atoms with Crippen LogP contribution in [-0.4, -0.2) is 39.0 Å². The van der Waals surface area contributed by atoms with E-state index in [1.807, 2.05) is 4.72 Å². The fourth-order valence-corrected chi connectivity index (χ4v) is 2.69. The fraction of sp³-hybridized carbons (Fsp3) is 0.357. The average molecular weight is 375 g/mol. The van der Waals surface area contributed by atoms with Gasteiger partial charge in [-0.15, -0.1) is 0 Å². The molecule has 0 fully saturated rings. The maximum atomic E-state index is 12.8. The molecule has 3 amide bonds. The third kappa shape index (κ3) is 6.47. The van der Waals surface area contributed by atoms with Gasteiger partial charge in [-0.1, -0.05) is 13.8 Å². The molecule has 0 aliphatic carbocycles. The highest BCUT2D eigenvalue weighted by molar-refractivity contribution is 7.89. The van der Waals surface area contributed by atoms with E-state index in [9.17, 15) is 27.2 Å². The maximum absolute atomic E-state index is 12.8. The van der Waals surface area contributed by atoms with Crippen LogP contribution in [0.15, 0.2) is 29.2 Å². The number of carbonyl (C=O) groups excluding carboxylic acids is 3. The molecule has 138 valence electrons. The van der Waals surface area contributed by atoms with Crippen molar-refractivity contribution in [3.8, 4) is 0 Å². The monoisotopic (exact) mass is 375 g/mol. The predicted octanol–water partition coefficient (Wildman–Crippen LogP) is -0.133. The van der Waals surface area contributed by atoms with Crippen molar-refractivity contribution in [3.05, 3.63) is 30.1 Å². The smallest absolute Gasteiger partial charge is 0.321 e. The zero-order valence-electron chi connectivity index (χ0n) is 13.5. The molecule has 4 N–H and O–H groups in total. The quantitative estimate of drug-likeness (QED) is 0.566. The predicted molar refractivity (Wildman–Crippen MR) is 84.0 cm³/mol. The van der Waals surface area contributed by atoms with Gasteiger partial charge in [-0.2, -0.15) is 4.72 Å². The molecule has 0 bridgehead atoms. The van der Waals surface area contributed by atoms with Crippen LogP contribution in [0.3, 0.4) is 0 Å². The zero-order chi connectivity index (χ0) is 19.2. The van der Waals surface area contributed by atoms with Crippen LogP contribution in [0.25, 0.3) is 0 Å². The number of hydrogen-bond acceptors (Lipinski definition) is 6. The molecule has 1 atom stereocenters. The highest BCUT2D eigenvalue weighted by Crippen LogP contribution is 2.10. The number of hydrogen-bond donors (Lipinski definition) is 3. The standard InChI is InChI=1S/C14H18FN3O6S/c1-8(2)12(13(20)18-14(16)21)24-11(19)7-17-25(22,23)10-5-3-9(15)4-6-10/h3-6,8,12,17H,7H2,1-2H3,(H3,16,18,20,21)/t12-/m1/s1. The highest BCUT2D eigenvalue weighted by Gasteiger charge is 2.28. The van der Waals surface area contributed by atoms with Gasteiger partial charge in [0.15, 0.2) is 6.10 Å². The molecule has 11 heteroatoms. The molecule has 0 aromatic heterocycles. The van der Waals surface area contributed by atoms with Crippen LogP contribution < -0.4 is 15.8 Å². The Labute approximate surface area is 143 Å². The molecule has 0 saturated carbocycles. The van der Waals surface area contributed by atoms with Gasteiger partial charge in [-0.05, 0) is 30.2 Å². The lowest BCUT2D eigenvalue weighted by molar-refractivity contribution is -0.157. The van der Waals surface area contributed by atoms with E-state index in [4.69, 9.17) is 10.5 Å². The molecule has 0 heterocycles. The van der Waals surface area contributed by atoms with E-state index in [1.165, 1.54) is 0 Å². The van der Waals surface area contributed by atoms with Gasteiger partial charge in [0.2, 0.25) is 10.0 Å². The summed E-state index contributed by atoms with van der Waals surface area (Å²) in [6.45, 7) is 2.36. The summed E-state index contributed by atoms with van der Waals surface area (Å²) in [4.78, 5) is 33.9. The summed E-state index contributed by atoms with van der Waals surface area (Å²) in [5.41, 5.74) is 4.82. The van der Waals surface area contributed by atoms with Gasteiger partial charge in [-0.3, -0.25) is 14.9 Å². The Morgan fingerprint density at radius 3 is 2.24 bits per heavy atom. The van der Waals surface area contributed by atoms with Crippen molar-refractivity contribution in [1.29, 1.82) is 0 Å². The summed E-state index contributed by atoms with van der Waals surface area (Å²) in [6.07, 6.45) is -1.32. The van der Waals surface area contributed by atoms with Crippen molar-refractivity contribution in [1.82, 2.24) is 10.0 Å². The van der Waals surface area contributed by atoms with E-state index in [-0.39, 0.29) is 4.90 Å². The first kappa shape index (κ1) is 20.5. The Morgan fingerprint density at radius 2 is 1.76 bits per heavy atom. The number of urea groups is 1. The van der Waals surface area contributed by atoms with Crippen molar-refractivity contribution in [2.24, 2.45) is 11.7 Å². The van der Waals surface area contributed by atoms with Gasteiger partial charge in [0.05, 0.1) is 4.90 Å². The van der Waals surface area contributed by atoms with Crippen LogP contribution in [0.4, 0.5) is 9.18 Å². The van der Waals surface area contributed by atoms with Crippen molar-refractivity contribution in [2.75, 3.05) is 6.54 Å². The van der Waals surface area contributed by atoms with Crippen LogP contribution in [0.5, 0.6) is 0 Å². The maximum Gasteiger partial charge on any atom is 0.321 e. The molecular formula is C14H18FN3O6S.